The molecule has 0 spiro atoms. The van der Waals surface area contributed by atoms with Gasteiger partial charge in [-0.25, -0.2) is 4.79 Å². The van der Waals surface area contributed by atoms with Crippen LogP contribution >= 0.6 is 0 Å². The van der Waals surface area contributed by atoms with E-state index in [1.165, 1.54) is 0 Å². The number of unbranched alkanes of at least 4 members (excludes halogenated alkanes) is 1. The van der Waals surface area contributed by atoms with Gasteiger partial charge < -0.3 is 37.5 Å². The summed E-state index contributed by atoms with van der Waals surface area (Å²) in [6.45, 7) is 7.71. The van der Waals surface area contributed by atoms with Gasteiger partial charge in [0, 0.05) is 17.1 Å². The Morgan fingerprint density at radius 2 is 1.59 bits per heavy atom. The van der Waals surface area contributed by atoms with Gasteiger partial charge >= 0.3 is 5.97 Å². The van der Waals surface area contributed by atoms with Gasteiger partial charge in [-0.2, -0.15) is 0 Å². The summed E-state index contributed by atoms with van der Waals surface area (Å²) in [5.41, 5.74) is 13.6. The first-order valence-electron chi connectivity index (χ1n) is 13.6. The van der Waals surface area contributed by atoms with Gasteiger partial charge in [0.25, 0.3) is 0 Å². The number of H-pyrrole nitrogens is 1. The number of carbonyl (C=O) groups is 4. The van der Waals surface area contributed by atoms with Crippen LogP contribution in [0.2, 0.25) is 0 Å². The minimum Gasteiger partial charge on any atom is -0.480 e. The molecule has 11 nitrogen and oxygen atoms in total. The van der Waals surface area contributed by atoms with Crippen LogP contribution < -0.4 is 27.4 Å². The van der Waals surface area contributed by atoms with E-state index in [0.717, 1.165) is 16.5 Å². The minimum absolute atomic E-state index is 0.0469. The van der Waals surface area contributed by atoms with E-state index in [9.17, 15) is 24.3 Å². The number of hydrogen-bond acceptors (Lipinski definition) is 6. The van der Waals surface area contributed by atoms with Crippen molar-refractivity contribution in [2.75, 3.05) is 6.54 Å². The highest BCUT2D eigenvalue weighted by molar-refractivity contribution is 5.94. The molecule has 9 N–H and O–H groups in total. The molecule has 0 aliphatic heterocycles. The third-order valence-electron chi connectivity index (χ3n) is 6.60. The third-order valence-corrected chi connectivity index (χ3v) is 6.60. The predicted molar refractivity (Wildman–Crippen MR) is 151 cm³/mol. The number of nitrogens with two attached hydrogens (primary N) is 2. The zero-order valence-electron chi connectivity index (χ0n) is 23.3. The number of aliphatic carboxylic acids is 1. The Morgan fingerprint density at radius 3 is 2.21 bits per heavy atom. The number of fused-ring (bicyclic) bond motifs is 1. The summed E-state index contributed by atoms with van der Waals surface area (Å²) in [5.74, 6) is -3.00. The van der Waals surface area contributed by atoms with Crippen LogP contribution in [0.4, 0.5) is 0 Å². The lowest BCUT2D eigenvalue weighted by molar-refractivity contribution is -0.143. The summed E-state index contributed by atoms with van der Waals surface area (Å²) in [5, 5.41) is 18.5. The van der Waals surface area contributed by atoms with E-state index >= 15 is 0 Å². The van der Waals surface area contributed by atoms with Crippen molar-refractivity contribution in [3.63, 3.8) is 0 Å². The van der Waals surface area contributed by atoms with Crippen molar-refractivity contribution < 1.29 is 24.3 Å². The molecule has 2 aromatic rings. The summed E-state index contributed by atoms with van der Waals surface area (Å²) in [7, 11) is 0. The molecule has 2 rings (SSSR count). The summed E-state index contributed by atoms with van der Waals surface area (Å²) in [6, 6.07) is 3.82. The van der Waals surface area contributed by atoms with Crippen molar-refractivity contribution in [1.82, 2.24) is 20.9 Å². The van der Waals surface area contributed by atoms with E-state index in [1.54, 1.807) is 13.8 Å². The van der Waals surface area contributed by atoms with Crippen LogP contribution in [-0.2, 0) is 25.6 Å². The Bertz CT molecular complexity index is 1110. The number of carboxylic acid groups (broad SMARTS) is 1. The number of para-hydroxylation sites is 1. The van der Waals surface area contributed by atoms with Gasteiger partial charge in [0.2, 0.25) is 17.7 Å². The maximum atomic E-state index is 13.3. The molecular formula is C28H44N6O5. The van der Waals surface area contributed by atoms with Gasteiger partial charge in [0.15, 0.2) is 0 Å². The van der Waals surface area contributed by atoms with Gasteiger partial charge in [0.1, 0.15) is 18.1 Å². The molecule has 0 aliphatic rings. The molecule has 0 saturated carbocycles. The minimum atomic E-state index is -1.14. The largest absolute Gasteiger partial charge is 0.480 e. The standard InChI is InChI=1S/C28H44N6O5/c1-16(2)13-23(28(38)39)33-26(36)22(11-7-8-12-29)32-27(37)24(17(3)4)34-25(35)20(30)14-18-15-31-21-10-6-5-9-19(18)21/h5-6,9-10,15-17,20,22-24,31H,7-8,11-14,29-30H2,1-4H3,(H,32,37)(H,33,36)(H,34,35)(H,38,39). The second kappa shape index (κ2) is 15.2. The van der Waals surface area contributed by atoms with E-state index < -0.39 is 47.9 Å². The predicted octanol–water partition coefficient (Wildman–Crippen LogP) is 1.41. The monoisotopic (exact) mass is 544 g/mol. The van der Waals surface area contributed by atoms with Crippen LogP contribution in [0.5, 0.6) is 0 Å². The molecule has 0 saturated heterocycles. The average molecular weight is 545 g/mol. The number of rotatable bonds is 16. The number of carboxylic acids is 1. The van der Waals surface area contributed by atoms with Crippen LogP contribution in [-0.4, -0.2) is 64.5 Å². The molecule has 4 atom stereocenters. The quantitative estimate of drug-likeness (QED) is 0.155. The van der Waals surface area contributed by atoms with Gasteiger partial charge in [-0.1, -0.05) is 45.9 Å². The molecule has 4 unspecified atom stereocenters. The van der Waals surface area contributed by atoms with Crippen LogP contribution in [0.25, 0.3) is 10.9 Å². The van der Waals surface area contributed by atoms with Crippen molar-refractivity contribution in [3.05, 3.63) is 36.0 Å². The van der Waals surface area contributed by atoms with E-state index in [1.807, 2.05) is 44.3 Å². The van der Waals surface area contributed by atoms with E-state index in [0.29, 0.717) is 19.4 Å². The lowest BCUT2D eigenvalue weighted by atomic mass is 9.99. The zero-order valence-corrected chi connectivity index (χ0v) is 23.3. The Balaban J connectivity index is 2.10. The van der Waals surface area contributed by atoms with E-state index in [4.69, 9.17) is 11.5 Å². The van der Waals surface area contributed by atoms with Crippen LogP contribution in [0.15, 0.2) is 30.5 Å². The first-order chi connectivity index (χ1) is 18.4. The maximum absolute atomic E-state index is 13.3. The lowest BCUT2D eigenvalue weighted by Gasteiger charge is -2.27. The van der Waals surface area contributed by atoms with Crippen molar-refractivity contribution in [2.24, 2.45) is 23.3 Å². The highest BCUT2D eigenvalue weighted by Crippen LogP contribution is 2.19. The SMILES string of the molecule is CC(C)CC(NC(=O)C(CCCCN)NC(=O)C(NC(=O)C(N)Cc1c[nH]c2ccccc12)C(C)C)C(=O)O. The topological polar surface area (TPSA) is 192 Å². The molecule has 0 aliphatic carbocycles. The molecule has 3 amide bonds. The number of aromatic amines is 1. The first kappa shape index (κ1) is 31.8. The van der Waals surface area contributed by atoms with Crippen LogP contribution in [0.3, 0.4) is 0 Å². The number of benzene rings is 1. The average Bonchev–Trinajstić information content (AvgIpc) is 3.28. The molecule has 1 aromatic heterocycles. The lowest BCUT2D eigenvalue weighted by Crippen LogP contribution is -2.58. The summed E-state index contributed by atoms with van der Waals surface area (Å²) >= 11 is 0. The fourth-order valence-electron chi connectivity index (χ4n) is 4.41. The number of aromatic nitrogens is 1. The fraction of sp³-hybridized carbons (Fsp3) is 0.571. The van der Waals surface area contributed by atoms with Gasteiger partial charge in [-0.3, -0.25) is 14.4 Å². The number of hydrogen-bond donors (Lipinski definition) is 7. The highest BCUT2D eigenvalue weighted by atomic mass is 16.4. The third kappa shape index (κ3) is 9.67. The Kier molecular flexibility index (Phi) is 12.4. The van der Waals surface area contributed by atoms with Gasteiger partial charge in [-0.05, 0) is 62.1 Å². The summed E-state index contributed by atoms with van der Waals surface area (Å²) < 4.78 is 0. The molecular weight excluding hydrogens is 500 g/mol. The Morgan fingerprint density at radius 1 is 0.923 bits per heavy atom. The normalized spacial score (nSPS) is 14.6. The molecule has 1 aromatic carbocycles. The van der Waals surface area contributed by atoms with Gasteiger partial charge in [0.05, 0.1) is 6.04 Å². The molecule has 39 heavy (non-hydrogen) atoms. The van der Waals surface area contributed by atoms with E-state index in [2.05, 4.69) is 20.9 Å². The second-order valence-electron chi connectivity index (χ2n) is 10.8. The fourth-order valence-corrected chi connectivity index (χ4v) is 4.41. The molecule has 216 valence electrons. The van der Waals surface area contributed by atoms with Crippen molar-refractivity contribution >= 4 is 34.6 Å². The molecule has 0 fully saturated rings. The van der Waals surface area contributed by atoms with Crippen molar-refractivity contribution in [2.45, 2.75) is 84.0 Å². The van der Waals surface area contributed by atoms with Gasteiger partial charge in [-0.15, -0.1) is 0 Å². The molecule has 0 bridgehead atoms. The Hall–Kier alpha value is -3.44. The van der Waals surface area contributed by atoms with Crippen molar-refractivity contribution in [3.8, 4) is 0 Å². The molecule has 0 radical (unpaired) electrons. The smallest absolute Gasteiger partial charge is 0.326 e. The number of carbonyl (C=O) groups excluding carboxylic acids is 3. The molecule has 1 heterocycles. The number of nitrogens with one attached hydrogen (secondary N) is 4. The van der Waals surface area contributed by atoms with Crippen LogP contribution in [0.1, 0.15) is 58.9 Å². The van der Waals surface area contributed by atoms with Crippen LogP contribution in [0, 0.1) is 11.8 Å². The Labute approximate surface area is 229 Å². The van der Waals surface area contributed by atoms with E-state index in [-0.39, 0.29) is 31.1 Å². The maximum Gasteiger partial charge on any atom is 0.326 e. The highest BCUT2D eigenvalue weighted by Gasteiger charge is 2.32. The summed E-state index contributed by atoms with van der Waals surface area (Å²) in [6.07, 6.45) is 3.83. The summed E-state index contributed by atoms with van der Waals surface area (Å²) in [4.78, 5) is 54.2. The molecule has 11 heteroatoms. The van der Waals surface area contributed by atoms with Crippen molar-refractivity contribution in [1.29, 1.82) is 0 Å². The zero-order chi connectivity index (χ0) is 29.1. The number of amides is 3. The first-order valence-corrected chi connectivity index (χ1v) is 13.6. The second-order valence-corrected chi connectivity index (χ2v) is 10.8.